The van der Waals surface area contributed by atoms with Crippen LogP contribution in [0.2, 0.25) is 0 Å². The SMILES string of the molecule is O=C(CSc1ccc(C(=O)Nc2ccc(F)cc2)cn1)Nc1cccnc1. The molecule has 6 nitrogen and oxygen atoms in total. The maximum atomic E-state index is 12.9. The van der Waals surface area contributed by atoms with E-state index in [1.165, 1.54) is 42.2 Å². The fourth-order valence-corrected chi connectivity index (χ4v) is 2.75. The fourth-order valence-electron chi connectivity index (χ4n) is 2.11. The molecule has 3 aromatic rings. The molecule has 0 unspecified atom stereocenters. The van der Waals surface area contributed by atoms with E-state index < -0.39 is 0 Å². The van der Waals surface area contributed by atoms with Gasteiger partial charge in [-0.3, -0.25) is 14.6 Å². The van der Waals surface area contributed by atoms with E-state index in [1.54, 1.807) is 36.7 Å². The highest BCUT2D eigenvalue weighted by Crippen LogP contribution is 2.17. The van der Waals surface area contributed by atoms with Gasteiger partial charge in [0.1, 0.15) is 5.82 Å². The normalized spacial score (nSPS) is 10.3. The number of carbonyl (C=O) groups is 2. The molecule has 136 valence electrons. The zero-order valence-corrected chi connectivity index (χ0v) is 14.9. The maximum absolute atomic E-state index is 12.9. The van der Waals surface area contributed by atoms with Gasteiger partial charge in [-0.1, -0.05) is 11.8 Å². The van der Waals surface area contributed by atoms with Gasteiger partial charge in [0, 0.05) is 18.1 Å². The van der Waals surface area contributed by atoms with Crippen molar-refractivity contribution in [3.63, 3.8) is 0 Å². The molecule has 0 atom stereocenters. The first-order chi connectivity index (χ1) is 13.1. The van der Waals surface area contributed by atoms with Crippen molar-refractivity contribution in [2.75, 3.05) is 16.4 Å². The number of benzene rings is 1. The van der Waals surface area contributed by atoms with E-state index in [-0.39, 0.29) is 23.4 Å². The van der Waals surface area contributed by atoms with Gasteiger partial charge in [-0.25, -0.2) is 9.37 Å². The van der Waals surface area contributed by atoms with Crippen LogP contribution in [-0.4, -0.2) is 27.5 Å². The van der Waals surface area contributed by atoms with Crippen LogP contribution in [0.4, 0.5) is 15.8 Å². The predicted octanol–water partition coefficient (Wildman–Crippen LogP) is 3.60. The first kappa shape index (κ1) is 18.5. The first-order valence-corrected chi connectivity index (χ1v) is 8.94. The number of halogens is 1. The van der Waals surface area contributed by atoms with E-state index in [4.69, 9.17) is 0 Å². The van der Waals surface area contributed by atoms with Crippen LogP contribution >= 0.6 is 11.8 Å². The minimum Gasteiger partial charge on any atom is -0.324 e. The fraction of sp³-hybridized carbons (Fsp3) is 0.0526. The summed E-state index contributed by atoms with van der Waals surface area (Å²) in [5, 5.41) is 6.01. The van der Waals surface area contributed by atoms with Gasteiger partial charge >= 0.3 is 0 Å². The number of nitrogens with zero attached hydrogens (tertiary/aromatic N) is 2. The molecule has 0 spiro atoms. The molecule has 27 heavy (non-hydrogen) atoms. The molecule has 2 amide bonds. The standard InChI is InChI=1S/C19H15FN4O2S/c20-14-4-6-15(7-5-14)24-19(26)13-3-8-18(22-10-13)27-12-17(25)23-16-2-1-9-21-11-16/h1-11H,12H2,(H,23,25)(H,24,26). The van der Waals surface area contributed by atoms with Crippen LogP contribution in [0.1, 0.15) is 10.4 Å². The average Bonchev–Trinajstić information content (AvgIpc) is 2.69. The van der Waals surface area contributed by atoms with Crippen LogP contribution in [0.15, 0.2) is 72.1 Å². The molecule has 2 N–H and O–H groups in total. The van der Waals surface area contributed by atoms with Gasteiger partial charge in [0.15, 0.2) is 0 Å². The molecule has 2 aromatic heterocycles. The van der Waals surface area contributed by atoms with Crippen molar-refractivity contribution in [1.82, 2.24) is 9.97 Å². The molecular formula is C19H15FN4O2S. The van der Waals surface area contributed by atoms with Crippen molar-refractivity contribution in [3.8, 4) is 0 Å². The van der Waals surface area contributed by atoms with E-state index >= 15 is 0 Å². The third kappa shape index (κ3) is 5.61. The Labute approximate surface area is 159 Å². The minimum atomic E-state index is -0.372. The van der Waals surface area contributed by atoms with Crippen molar-refractivity contribution in [2.45, 2.75) is 5.03 Å². The lowest BCUT2D eigenvalue weighted by atomic mass is 10.2. The van der Waals surface area contributed by atoms with Gasteiger partial charge in [0.25, 0.3) is 5.91 Å². The molecule has 2 heterocycles. The molecule has 1 aromatic carbocycles. The largest absolute Gasteiger partial charge is 0.324 e. The van der Waals surface area contributed by atoms with Gasteiger partial charge < -0.3 is 10.6 Å². The number of thioether (sulfide) groups is 1. The van der Waals surface area contributed by atoms with Crippen molar-refractivity contribution in [2.24, 2.45) is 0 Å². The van der Waals surface area contributed by atoms with Crippen molar-refractivity contribution >= 4 is 35.0 Å². The Hall–Kier alpha value is -3.26. The summed E-state index contributed by atoms with van der Waals surface area (Å²) in [5.41, 5.74) is 1.49. The van der Waals surface area contributed by atoms with Gasteiger partial charge in [-0.05, 0) is 48.5 Å². The van der Waals surface area contributed by atoms with Crippen LogP contribution < -0.4 is 10.6 Å². The molecule has 8 heteroatoms. The maximum Gasteiger partial charge on any atom is 0.257 e. The van der Waals surface area contributed by atoms with Crippen LogP contribution in [0.3, 0.4) is 0 Å². The second-order valence-electron chi connectivity index (χ2n) is 5.42. The molecule has 0 bridgehead atoms. The zero-order valence-electron chi connectivity index (χ0n) is 14.1. The van der Waals surface area contributed by atoms with E-state index in [0.717, 1.165) is 0 Å². The number of aromatic nitrogens is 2. The van der Waals surface area contributed by atoms with Crippen LogP contribution in [0.5, 0.6) is 0 Å². The summed E-state index contributed by atoms with van der Waals surface area (Å²) in [6.45, 7) is 0. The number of carbonyl (C=O) groups excluding carboxylic acids is 2. The molecule has 3 rings (SSSR count). The van der Waals surface area contributed by atoms with Gasteiger partial charge in [0.2, 0.25) is 5.91 Å². The summed E-state index contributed by atoms with van der Waals surface area (Å²) >= 11 is 1.26. The highest BCUT2D eigenvalue weighted by atomic mass is 32.2. The number of nitrogens with one attached hydrogen (secondary N) is 2. The van der Waals surface area contributed by atoms with E-state index in [9.17, 15) is 14.0 Å². The Balaban J connectivity index is 1.51. The summed E-state index contributed by atoms with van der Waals surface area (Å²) in [6, 6.07) is 12.3. The highest BCUT2D eigenvalue weighted by molar-refractivity contribution is 7.99. The molecule has 0 aliphatic rings. The summed E-state index contributed by atoms with van der Waals surface area (Å²) < 4.78 is 12.9. The number of pyridine rings is 2. The van der Waals surface area contributed by atoms with Gasteiger partial charge in [0.05, 0.1) is 28.2 Å². The number of rotatable bonds is 6. The molecule has 0 saturated heterocycles. The Morgan fingerprint density at radius 3 is 2.44 bits per heavy atom. The highest BCUT2D eigenvalue weighted by Gasteiger charge is 2.09. The third-order valence-electron chi connectivity index (χ3n) is 3.40. The predicted molar refractivity (Wildman–Crippen MR) is 102 cm³/mol. The summed E-state index contributed by atoms with van der Waals surface area (Å²) in [4.78, 5) is 32.2. The number of hydrogen-bond acceptors (Lipinski definition) is 5. The first-order valence-electron chi connectivity index (χ1n) is 7.96. The molecular weight excluding hydrogens is 367 g/mol. The summed E-state index contributed by atoms with van der Waals surface area (Å²) in [6.07, 6.45) is 4.62. The number of amides is 2. The molecule has 0 fully saturated rings. The molecule has 0 aliphatic carbocycles. The van der Waals surface area contributed by atoms with Crippen molar-refractivity contribution < 1.29 is 14.0 Å². The van der Waals surface area contributed by atoms with Crippen molar-refractivity contribution in [3.05, 3.63) is 78.5 Å². The summed E-state index contributed by atoms with van der Waals surface area (Å²) in [5.74, 6) is -0.709. The monoisotopic (exact) mass is 382 g/mol. The lowest BCUT2D eigenvalue weighted by molar-refractivity contribution is -0.113. The van der Waals surface area contributed by atoms with E-state index in [1.807, 2.05) is 0 Å². The number of hydrogen-bond donors (Lipinski definition) is 2. The zero-order chi connectivity index (χ0) is 19.1. The topological polar surface area (TPSA) is 84.0 Å². The Kier molecular flexibility index (Phi) is 6.11. The van der Waals surface area contributed by atoms with E-state index in [2.05, 4.69) is 20.6 Å². The van der Waals surface area contributed by atoms with E-state index in [0.29, 0.717) is 22.0 Å². The molecule has 0 saturated carbocycles. The van der Waals surface area contributed by atoms with Crippen molar-refractivity contribution in [1.29, 1.82) is 0 Å². The Bertz CT molecular complexity index is 919. The van der Waals surface area contributed by atoms with Gasteiger partial charge in [-0.2, -0.15) is 0 Å². The third-order valence-corrected chi connectivity index (χ3v) is 4.34. The van der Waals surface area contributed by atoms with Crippen LogP contribution in [0, 0.1) is 5.82 Å². The lowest BCUT2D eigenvalue weighted by Gasteiger charge is -2.06. The minimum absolute atomic E-state index is 0.173. The second kappa shape index (κ2) is 8.91. The quantitative estimate of drug-likeness (QED) is 0.637. The van der Waals surface area contributed by atoms with Crippen LogP contribution in [-0.2, 0) is 4.79 Å². The lowest BCUT2D eigenvalue weighted by Crippen LogP contribution is -2.14. The van der Waals surface area contributed by atoms with Crippen LogP contribution in [0.25, 0.3) is 0 Å². The smallest absolute Gasteiger partial charge is 0.257 e. The molecule has 0 radical (unpaired) electrons. The molecule has 0 aliphatic heterocycles. The Morgan fingerprint density at radius 2 is 1.78 bits per heavy atom. The summed E-state index contributed by atoms with van der Waals surface area (Å²) in [7, 11) is 0. The number of anilines is 2. The average molecular weight is 382 g/mol. The Morgan fingerprint density at radius 1 is 0.963 bits per heavy atom. The second-order valence-corrected chi connectivity index (χ2v) is 6.42. The van der Waals surface area contributed by atoms with Gasteiger partial charge in [-0.15, -0.1) is 0 Å².